The van der Waals surface area contributed by atoms with Gasteiger partial charge >= 0.3 is 30.1 Å². The van der Waals surface area contributed by atoms with Gasteiger partial charge in [-0.15, -0.1) is 0 Å². The Morgan fingerprint density at radius 2 is 1.50 bits per heavy atom. The highest BCUT2D eigenvalue weighted by molar-refractivity contribution is 5.88. The van der Waals surface area contributed by atoms with Crippen LogP contribution in [0.1, 0.15) is 41.5 Å². The topological polar surface area (TPSA) is 188 Å². The molecule has 1 heterocycles. The lowest BCUT2D eigenvalue weighted by molar-refractivity contribution is -0.219. The molecular weight excluding hydrogens is 506 g/mol. The van der Waals surface area contributed by atoms with Gasteiger partial charge in [0, 0.05) is 20.8 Å². The molecule has 1 unspecified atom stereocenters. The fraction of sp³-hybridized carbons (Fsp3) is 0.542. The zero-order chi connectivity index (χ0) is 28.6. The number of carboxylic acid groups (broad SMARTS) is 1. The summed E-state index contributed by atoms with van der Waals surface area (Å²) in [5.41, 5.74) is -0.484. The smallest absolute Gasteiger partial charge is 0.409 e. The molecule has 0 saturated carbocycles. The number of rotatable bonds is 8. The van der Waals surface area contributed by atoms with Crippen molar-refractivity contribution in [2.45, 2.75) is 77.7 Å². The largest absolute Gasteiger partial charge is 0.465 e. The highest BCUT2D eigenvalue weighted by atomic mass is 16.6. The van der Waals surface area contributed by atoms with Crippen LogP contribution in [0, 0.1) is 0 Å². The van der Waals surface area contributed by atoms with Crippen LogP contribution in [-0.4, -0.2) is 78.0 Å². The molecule has 1 saturated heterocycles. The maximum atomic E-state index is 12.8. The molecule has 38 heavy (non-hydrogen) atoms. The quantitative estimate of drug-likeness (QED) is 0.279. The van der Waals surface area contributed by atoms with Crippen molar-refractivity contribution in [3.63, 3.8) is 0 Å². The molecule has 2 amide bonds. The number of benzene rings is 1. The Balaban J connectivity index is 2.56. The van der Waals surface area contributed by atoms with Crippen molar-refractivity contribution in [1.29, 1.82) is 0 Å². The first-order chi connectivity index (χ1) is 17.7. The molecule has 0 bridgehead atoms. The van der Waals surface area contributed by atoms with Crippen molar-refractivity contribution in [2.75, 3.05) is 17.2 Å². The van der Waals surface area contributed by atoms with E-state index in [1.54, 1.807) is 39.0 Å². The third-order valence-electron chi connectivity index (χ3n) is 4.90. The molecule has 0 spiro atoms. The van der Waals surface area contributed by atoms with Gasteiger partial charge in [0.1, 0.15) is 24.4 Å². The summed E-state index contributed by atoms with van der Waals surface area (Å²) in [6.07, 6.45) is -7.24. The molecule has 210 valence electrons. The van der Waals surface area contributed by atoms with Crippen LogP contribution in [0.5, 0.6) is 0 Å². The summed E-state index contributed by atoms with van der Waals surface area (Å²) < 4.78 is 27.4. The van der Waals surface area contributed by atoms with Crippen molar-refractivity contribution in [1.82, 2.24) is 5.32 Å². The molecule has 1 fully saturated rings. The van der Waals surface area contributed by atoms with Gasteiger partial charge in [-0.1, -0.05) is 12.1 Å². The summed E-state index contributed by atoms with van der Waals surface area (Å²) in [4.78, 5) is 59.6. The Labute approximate surface area is 219 Å². The number of hydrogen-bond acceptors (Lipinski definition) is 11. The third-order valence-corrected chi connectivity index (χ3v) is 4.90. The average molecular weight is 540 g/mol. The number of amides is 2. The molecule has 0 aromatic heterocycles. The molecule has 1 aromatic carbocycles. The summed E-state index contributed by atoms with van der Waals surface area (Å²) >= 11 is 0. The number of nitrogens with one attached hydrogen (secondary N) is 3. The van der Waals surface area contributed by atoms with Gasteiger partial charge in [-0.2, -0.15) is 0 Å². The van der Waals surface area contributed by atoms with Crippen molar-refractivity contribution >= 4 is 41.5 Å². The predicted molar refractivity (Wildman–Crippen MR) is 131 cm³/mol. The van der Waals surface area contributed by atoms with E-state index in [9.17, 15) is 29.1 Å². The van der Waals surface area contributed by atoms with Crippen molar-refractivity contribution in [3.05, 3.63) is 24.3 Å². The molecule has 5 atom stereocenters. The second-order valence-electron chi connectivity index (χ2n) is 9.34. The summed E-state index contributed by atoms with van der Waals surface area (Å²) in [6.45, 7) is 7.97. The first-order valence-corrected chi connectivity index (χ1v) is 11.6. The Morgan fingerprint density at radius 1 is 0.921 bits per heavy atom. The number of esters is 3. The van der Waals surface area contributed by atoms with Crippen LogP contribution in [0.2, 0.25) is 0 Å². The van der Waals surface area contributed by atoms with Gasteiger partial charge in [0.25, 0.3) is 0 Å². The number of hydrogen-bond donors (Lipinski definition) is 4. The number of alkyl carbamates (subject to hydrolysis) is 1. The number of carbonyl (C=O) groups is 5. The number of para-hydroxylation sites is 2. The van der Waals surface area contributed by atoms with E-state index >= 15 is 0 Å². The molecule has 1 aromatic rings. The van der Waals surface area contributed by atoms with E-state index in [0.29, 0.717) is 0 Å². The number of anilines is 2. The summed E-state index contributed by atoms with van der Waals surface area (Å²) in [6, 6.07) is 5.01. The number of carbonyl (C=O) groups excluding carboxylic acids is 4. The van der Waals surface area contributed by atoms with Gasteiger partial charge in [0.05, 0.1) is 11.4 Å². The van der Waals surface area contributed by atoms with Gasteiger partial charge < -0.3 is 39.4 Å². The minimum atomic E-state index is -1.34. The van der Waals surface area contributed by atoms with Crippen LogP contribution < -0.4 is 16.0 Å². The van der Waals surface area contributed by atoms with Gasteiger partial charge in [-0.25, -0.2) is 9.59 Å². The van der Waals surface area contributed by atoms with Gasteiger partial charge in [-0.3, -0.25) is 19.7 Å². The highest BCUT2D eigenvalue weighted by Gasteiger charge is 2.51. The summed E-state index contributed by atoms with van der Waals surface area (Å²) in [7, 11) is 0. The SMILES string of the molecule is CC(=O)OC[C@H]1OC(Nc2ccccc2NC(=O)O)[C@H](NC(=O)OC(C)(C)C)[C@@H](OC(C)=O)[C@@H]1OC(C)=O. The predicted octanol–water partition coefficient (Wildman–Crippen LogP) is 2.23. The molecule has 1 aliphatic heterocycles. The molecular formula is C24H33N3O11. The van der Waals surface area contributed by atoms with Crippen molar-refractivity contribution < 1.29 is 52.8 Å². The van der Waals surface area contributed by atoms with E-state index in [-0.39, 0.29) is 11.4 Å². The first-order valence-electron chi connectivity index (χ1n) is 11.6. The van der Waals surface area contributed by atoms with E-state index in [1.807, 2.05) is 0 Å². The van der Waals surface area contributed by atoms with E-state index in [0.717, 1.165) is 13.8 Å². The zero-order valence-corrected chi connectivity index (χ0v) is 21.9. The van der Waals surface area contributed by atoms with E-state index in [1.165, 1.54) is 13.0 Å². The molecule has 14 heteroatoms. The lowest BCUT2D eigenvalue weighted by Crippen LogP contribution is -2.68. The van der Waals surface area contributed by atoms with Crippen molar-refractivity contribution in [3.8, 4) is 0 Å². The van der Waals surface area contributed by atoms with E-state index in [4.69, 9.17) is 23.7 Å². The maximum Gasteiger partial charge on any atom is 0.409 e. The third kappa shape index (κ3) is 9.42. The zero-order valence-electron chi connectivity index (χ0n) is 21.9. The lowest BCUT2D eigenvalue weighted by atomic mass is 9.95. The molecule has 2 rings (SSSR count). The Hall–Kier alpha value is -4.07. The van der Waals surface area contributed by atoms with Gasteiger partial charge in [0.15, 0.2) is 18.4 Å². The second-order valence-corrected chi connectivity index (χ2v) is 9.34. The molecule has 4 N–H and O–H groups in total. The Kier molecular flexibility index (Phi) is 10.3. The van der Waals surface area contributed by atoms with Gasteiger partial charge in [-0.05, 0) is 32.9 Å². The Bertz CT molecular complexity index is 1040. The van der Waals surface area contributed by atoms with Crippen LogP contribution in [-0.2, 0) is 38.1 Å². The summed E-state index contributed by atoms with van der Waals surface area (Å²) in [5.74, 6) is -2.15. The average Bonchev–Trinajstić information content (AvgIpc) is 2.75. The van der Waals surface area contributed by atoms with Crippen LogP contribution in [0.4, 0.5) is 21.0 Å². The summed E-state index contributed by atoms with van der Waals surface area (Å²) in [5, 5.41) is 17.0. The number of ether oxygens (including phenoxy) is 5. The van der Waals surface area contributed by atoms with Crippen LogP contribution in [0.25, 0.3) is 0 Å². The van der Waals surface area contributed by atoms with E-state index < -0.39 is 72.9 Å². The minimum Gasteiger partial charge on any atom is -0.465 e. The monoisotopic (exact) mass is 539 g/mol. The van der Waals surface area contributed by atoms with Gasteiger partial charge in [0.2, 0.25) is 0 Å². The van der Waals surface area contributed by atoms with Crippen LogP contribution in [0.3, 0.4) is 0 Å². The van der Waals surface area contributed by atoms with Crippen LogP contribution in [0.15, 0.2) is 24.3 Å². The second kappa shape index (κ2) is 12.9. The molecule has 0 aliphatic carbocycles. The fourth-order valence-corrected chi connectivity index (χ4v) is 3.65. The Morgan fingerprint density at radius 3 is 2.03 bits per heavy atom. The van der Waals surface area contributed by atoms with E-state index in [2.05, 4.69) is 16.0 Å². The van der Waals surface area contributed by atoms with Crippen molar-refractivity contribution in [2.24, 2.45) is 0 Å². The first kappa shape index (κ1) is 30.2. The lowest BCUT2D eigenvalue weighted by Gasteiger charge is -2.45. The standard InChI is InChI=1S/C24H33N3O11/c1-12(28)34-11-17-19(35-13(2)29)20(36-14(3)30)18(27-23(33)38-24(4,5)6)21(37-17)25-15-9-7-8-10-16(15)26-22(31)32/h7-10,17-21,25-26H,11H2,1-6H3,(H,27,33)(H,31,32)/t17-,18-,19-,20-,21?/m1/s1. The molecule has 0 radical (unpaired) electrons. The maximum absolute atomic E-state index is 12.8. The fourth-order valence-electron chi connectivity index (χ4n) is 3.65. The molecule has 1 aliphatic rings. The highest BCUT2D eigenvalue weighted by Crippen LogP contribution is 2.30. The van der Waals surface area contributed by atoms with Crippen LogP contribution >= 0.6 is 0 Å². The molecule has 14 nitrogen and oxygen atoms in total. The normalized spacial score (nSPS) is 22.8. The minimum absolute atomic E-state index is 0.155.